The van der Waals surface area contributed by atoms with Gasteiger partial charge in [0, 0.05) is 27.5 Å². The molecule has 0 radical (unpaired) electrons. The minimum atomic E-state index is 0.606. The summed E-state index contributed by atoms with van der Waals surface area (Å²) in [6.07, 6.45) is 0. The molecule has 10 aromatic rings. The molecule has 0 atom stereocenters. The average molecular weight is 650 g/mol. The van der Waals surface area contributed by atoms with Crippen LogP contribution < -0.4 is 0 Å². The Bertz CT molecular complexity index is 3030. The summed E-state index contributed by atoms with van der Waals surface area (Å²) in [5.74, 6) is 1.86. The maximum Gasteiger partial charge on any atom is 0.164 e. The highest BCUT2D eigenvalue weighted by molar-refractivity contribution is 6.16. The molecule has 0 saturated carbocycles. The van der Waals surface area contributed by atoms with Crippen molar-refractivity contribution in [3.05, 3.63) is 164 Å². The van der Waals surface area contributed by atoms with Crippen molar-refractivity contribution in [1.29, 1.82) is 0 Å². The number of aromatic nitrogens is 3. The second kappa shape index (κ2) is 10.8. The maximum atomic E-state index is 6.47. The van der Waals surface area contributed by atoms with Gasteiger partial charge in [0.15, 0.2) is 17.5 Å². The number of nitrogens with zero attached hydrogens (tertiary/aromatic N) is 3. The first-order chi connectivity index (χ1) is 25.2. The van der Waals surface area contributed by atoms with Crippen molar-refractivity contribution in [2.45, 2.75) is 0 Å². The topological polar surface area (TPSA) is 51.8 Å². The van der Waals surface area contributed by atoms with Gasteiger partial charge in [-0.15, -0.1) is 0 Å². The molecule has 0 bridgehead atoms. The number of furan rings is 1. The molecule has 0 fully saturated rings. The van der Waals surface area contributed by atoms with Crippen LogP contribution in [0.4, 0.5) is 0 Å². The van der Waals surface area contributed by atoms with E-state index < -0.39 is 0 Å². The van der Waals surface area contributed by atoms with Gasteiger partial charge >= 0.3 is 0 Å². The van der Waals surface area contributed by atoms with E-state index in [2.05, 4.69) is 121 Å². The lowest BCUT2D eigenvalue weighted by Gasteiger charge is -2.10. The Labute approximate surface area is 293 Å². The fourth-order valence-corrected chi connectivity index (χ4v) is 7.83. The van der Waals surface area contributed by atoms with E-state index in [4.69, 9.17) is 19.4 Å². The molecule has 2 heterocycles. The lowest BCUT2D eigenvalue weighted by molar-refractivity contribution is 0.669. The van der Waals surface area contributed by atoms with Gasteiger partial charge in [-0.3, -0.25) is 0 Å². The second-order valence-electron chi connectivity index (χ2n) is 13.2. The molecular formula is C47H27N3O. The Hall–Kier alpha value is -6.91. The molecule has 2 aromatic heterocycles. The lowest BCUT2D eigenvalue weighted by atomic mass is 9.96. The predicted molar refractivity (Wildman–Crippen MR) is 208 cm³/mol. The van der Waals surface area contributed by atoms with Gasteiger partial charge in [0.05, 0.1) is 0 Å². The van der Waals surface area contributed by atoms with Crippen LogP contribution in [0.1, 0.15) is 0 Å². The van der Waals surface area contributed by atoms with Crippen molar-refractivity contribution < 1.29 is 4.42 Å². The minimum Gasteiger partial charge on any atom is -0.456 e. The van der Waals surface area contributed by atoms with Crippen LogP contribution in [0.3, 0.4) is 0 Å². The fraction of sp³-hybridized carbons (Fsp3) is 0. The third-order valence-corrected chi connectivity index (χ3v) is 10.2. The van der Waals surface area contributed by atoms with Crippen LogP contribution in [0.15, 0.2) is 168 Å². The summed E-state index contributed by atoms with van der Waals surface area (Å²) in [5, 5.41) is 6.94. The molecule has 0 unspecified atom stereocenters. The zero-order valence-electron chi connectivity index (χ0n) is 27.3. The maximum absolute atomic E-state index is 6.47. The smallest absolute Gasteiger partial charge is 0.164 e. The largest absolute Gasteiger partial charge is 0.456 e. The molecule has 0 saturated heterocycles. The number of hydrogen-bond acceptors (Lipinski definition) is 4. The normalized spacial score (nSPS) is 11.9. The zero-order chi connectivity index (χ0) is 33.5. The molecule has 236 valence electrons. The summed E-state index contributed by atoms with van der Waals surface area (Å²) in [6.45, 7) is 0. The molecule has 51 heavy (non-hydrogen) atoms. The summed E-state index contributed by atoms with van der Waals surface area (Å²) in [6, 6.07) is 57.5. The first-order valence-electron chi connectivity index (χ1n) is 17.2. The molecular weight excluding hydrogens is 623 g/mol. The molecule has 1 aliphatic carbocycles. The summed E-state index contributed by atoms with van der Waals surface area (Å²) in [5.41, 5.74) is 11.9. The Kier molecular flexibility index (Phi) is 5.92. The molecule has 0 spiro atoms. The van der Waals surface area contributed by atoms with Gasteiger partial charge in [-0.1, -0.05) is 133 Å². The quantitative estimate of drug-likeness (QED) is 0.190. The van der Waals surface area contributed by atoms with Crippen LogP contribution in [-0.2, 0) is 0 Å². The number of benzene rings is 8. The fourth-order valence-electron chi connectivity index (χ4n) is 7.83. The second-order valence-corrected chi connectivity index (χ2v) is 13.2. The van der Waals surface area contributed by atoms with Gasteiger partial charge in [0.2, 0.25) is 0 Å². The monoisotopic (exact) mass is 649 g/mol. The van der Waals surface area contributed by atoms with E-state index in [1.165, 1.54) is 38.4 Å². The van der Waals surface area contributed by atoms with Crippen molar-refractivity contribution in [1.82, 2.24) is 15.0 Å². The number of fused-ring (bicyclic) bond motifs is 7. The summed E-state index contributed by atoms with van der Waals surface area (Å²) < 4.78 is 6.47. The van der Waals surface area contributed by atoms with Crippen molar-refractivity contribution in [3.63, 3.8) is 0 Å². The van der Waals surface area contributed by atoms with Crippen LogP contribution in [0, 0.1) is 0 Å². The summed E-state index contributed by atoms with van der Waals surface area (Å²) in [4.78, 5) is 15.2. The van der Waals surface area contributed by atoms with Gasteiger partial charge < -0.3 is 4.42 Å². The molecule has 4 nitrogen and oxygen atoms in total. The van der Waals surface area contributed by atoms with Gasteiger partial charge in [0.1, 0.15) is 11.2 Å². The van der Waals surface area contributed by atoms with E-state index in [1.807, 2.05) is 42.5 Å². The van der Waals surface area contributed by atoms with E-state index in [0.29, 0.717) is 17.5 Å². The van der Waals surface area contributed by atoms with Gasteiger partial charge in [-0.25, -0.2) is 15.0 Å². The highest BCUT2D eigenvalue weighted by Gasteiger charge is 2.22. The molecule has 1 aliphatic rings. The Morgan fingerprint density at radius 1 is 0.314 bits per heavy atom. The van der Waals surface area contributed by atoms with Crippen molar-refractivity contribution in [2.75, 3.05) is 0 Å². The first kappa shape index (κ1) is 28.0. The molecule has 8 aromatic carbocycles. The van der Waals surface area contributed by atoms with Crippen molar-refractivity contribution >= 4 is 43.5 Å². The minimum absolute atomic E-state index is 0.606. The van der Waals surface area contributed by atoms with Crippen LogP contribution in [0.5, 0.6) is 0 Å². The van der Waals surface area contributed by atoms with Gasteiger partial charge in [-0.05, 0) is 85.3 Å². The summed E-state index contributed by atoms with van der Waals surface area (Å²) in [7, 11) is 0. The van der Waals surface area contributed by atoms with Crippen LogP contribution >= 0.6 is 0 Å². The molecule has 0 N–H and O–H groups in total. The standard InChI is InChI=1S/C47H27N3O/c1-2-10-30(11-3-1)45-48-46(34-20-19-28-9-4-5-12-31(28)25-34)50-47(49-45)38-17-8-18-42-44(38)40-27-33(22-24-41(40)51-42)32-21-23-35-36-15-6-13-29-14-7-16-37(43(29)36)39(35)26-32/h1-27H. The van der Waals surface area contributed by atoms with E-state index in [0.717, 1.165) is 55.1 Å². The SMILES string of the molecule is c1ccc(-c2nc(-c3ccc4ccccc4c3)nc(-c3cccc4oc5ccc(-c6ccc7c(c6)-c6cccc8cccc-7c68)cc5c34)n2)cc1. The van der Waals surface area contributed by atoms with E-state index in [9.17, 15) is 0 Å². The Morgan fingerprint density at radius 2 is 0.961 bits per heavy atom. The zero-order valence-corrected chi connectivity index (χ0v) is 27.3. The Morgan fingerprint density at radius 3 is 1.82 bits per heavy atom. The highest BCUT2D eigenvalue weighted by Crippen LogP contribution is 2.48. The third-order valence-electron chi connectivity index (χ3n) is 10.2. The highest BCUT2D eigenvalue weighted by atomic mass is 16.3. The predicted octanol–water partition coefficient (Wildman–Crippen LogP) is 12.4. The van der Waals surface area contributed by atoms with Crippen LogP contribution in [0.25, 0.3) is 111 Å². The number of hydrogen-bond donors (Lipinski definition) is 0. The summed E-state index contributed by atoms with van der Waals surface area (Å²) >= 11 is 0. The average Bonchev–Trinajstić information content (AvgIpc) is 3.74. The first-order valence-corrected chi connectivity index (χ1v) is 17.2. The van der Waals surface area contributed by atoms with Crippen LogP contribution in [0.2, 0.25) is 0 Å². The van der Waals surface area contributed by atoms with E-state index in [1.54, 1.807) is 0 Å². The number of rotatable bonds is 4. The molecule has 0 amide bonds. The lowest BCUT2D eigenvalue weighted by Crippen LogP contribution is -2.00. The van der Waals surface area contributed by atoms with Crippen molar-refractivity contribution in [3.8, 4) is 67.5 Å². The van der Waals surface area contributed by atoms with E-state index >= 15 is 0 Å². The van der Waals surface area contributed by atoms with Crippen molar-refractivity contribution in [2.24, 2.45) is 0 Å². The van der Waals surface area contributed by atoms with Gasteiger partial charge in [-0.2, -0.15) is 0 Å². The molecule has 4 heteroatoms. The Balaban J connectivity index is 1.09. The van der Waals surface area contributed by atoms with Crippen LogP contribution in [-0.4, -0.2) is 15.0 Å². The van der Waals surface area contributed by atoms with Gasteiger partial charge in [0.25, 0.3) is 0 Å². The molecule has 0 aliphatic heterocycles. The molecule has 11 rings (SSSR count). The van der Waals surface area contributed by atoms with E-state index in [-0.39, 0.29) is 0 Å². The third kappa shape index (κ3) is 4.37.